The lowest BCUT2D eigenvalue weighted by Gasteiger charge is -2.21. The van der Waals surface area contributed by atoms with Gasteiger partial charge < -0.3 is 14.8 Å². The molecule has 1 aliphatic carbocycles. The molecule has 6 heteroatoms. The van der Waals surface area contributed by atoms with Crippen molar-refractivity contribution < 1.29 is 9.59 Å². The Morgan fingerprint density at radius 1 is 1.27 bits per heavy atom. The molecule has 1 aromatic heterocycles. The number of carbonyl (C=O) groups excluding carboxylic acids is 2. The van der Waals surface area contributed by atoms with Crippen molar-refractivity contribution in [2.75, 3.05) is 20.6 Å². The first kappa shape index (κ1) is 22.5. The highest BCUT2D eigenvalue weighted by atomic mass is 79.9. The lowest BCUT2D eigenvalue weighted by Crippen LogP contribution is -2.29. The minimum atomic E-state index is -0.165. The fourth-order valence-electron chi connectivity index (χ4n) is 3.97. The van der Waals surface area contributed by atoms with Gasteiger partial charge >= 0.3 is 0 Å². The normalized spacial score (nSPS) is 15.7. The summed E-state index contributed by atoms with van der Waals surface area (Å²) in [6.07, 6.45) is 4.56. The number of hydrogen-bond donors (Lipinski definition) is 1. The van der Waals surface area contributed by atoms with E-state index in [2.05, 4.69) is 64.0 Å². The highest BCUT2D eigenvalue weighted by molar-refractivity contribution is 9.10. The molecule has 30 heavy (non-hydrogen) atoms. The SMILES string of the molecule is CC1=CC(C)=C(CNC(=O)c2cc(Br)cc3c2c(C)cn3CC(C)N(C)C)C(=O)C1. The van der Waals surface area contributed by atoms with Crippen molar-refractivity contribution in [2.24, 2.45) is 0 Å². The summed E-state index contributed by atoms with van der Waals surface area (Å²) in [6.45, 7) is 9.18. The molecule has 0 aliphatic heterocycles. The molecule has 1 atom stereocenters. The average Bonchev–Trinajstić information content (AvgIpc) is 2.95. The third-order valence-electron chi connectivity index (χ3n) is 5.86. The summed E-state index contributed by atoms with van der Waals surface area (Å²) in [6, 6.07) is 4.28. The predicted molar refractivity (Wildman–Crippen MR) is 126 cm³/mol. The van der Waals surface area contributed by atoms with E-state index in [9.17, 15) is 9.59 Å². The van der Waals surface area contributed by atoms with Gasteiger partial charge in [-0.2, -0.15) is 0 Å². The molecule has 1 heterocycles. The number of aromatic nitrogens is 1. The van der Waals surface area contributed by atoms with Crippen LogP contribution in [0.25, 0.3) is 10.9 Å². The minimum Gasteiger partial charge on any atom is -0.348 e. The molecule has 0 radical (unpaired) electrons. The number of hydrogen-bond acceptors (Lipinski definition) is 3. The highest BCUT2D eigenvalue weighted by Gasteiger charge is 2.21. The number of Topliss-reactive ketones (excluding diaryl/α,β-unsaturated/α-hetero) is 1. The Labute approximate surface area is 186 Å². The van der Waals surface area contributed by atoms with Crippen LogP contribution < -0.4 is 5.32 Å². The quantitative estimate of drug-likeness (QED) is 0.667. The molecule has 0 saturated heterocycles. The maximum atomic E-state index is 13.1. The standard InChI is InChI=1S/C24H30BrN3O2/c1-14-7-15(2)20(22(29)8-14)11-26-24(30)19-9-18(25)10-21-23(19)16(3)12-28(21)13-17(4)27(5)6/h7,9-10,12,17H,8,11,13H2,1-6H3,(H,26,30). The second kappa shape index (κ2) is 8.90. The monoisotopic (exact) mass is 471 g/mol. The largest absolute Gasteiger partial charge is 0.348 e. The molecule has 1 aromatic carbocycles. The number of benzene rings is 1. The van der Waals surface area contributed by atoms with E-state index in [-0.39, 0.29) is 18.2 Å². The Hall–Kier alpha value is -2.18. The molecule has 2 aromatic rings. The highest BCUT2D eigenvalue weighted by Crippen LogP contribution is 2.29. The predicted octanol–water partition coefficient (Wildman–Crippen LogP) is 4.63. The Morgan fingerprint density at radius 2 is 1.97 bits per heavy atom. The maximum Gasteiger partial charge on any atom is 0.252 e. The van der Waals surface area contributed by atoms with Gasteiger partial charge in [0.25, 0.3) is 5.91 Å². The summed E-state index contributed by atoms with van der Waals surface area (Å²) in [7, 11) is 4.13. The second-order valence-corrected chi connectivity index (χ2v) is 9.48. The van der Waals surface area contributed by atoms with Crippen LogP contribution in [0.2, 0.25) is 0 Å². The summed E-state index contributed by atoms with van der Waals surface area (Å²) in [5.41, 5.74) is 5.41. The van der Waals surface area contributed by atoms with Crippen LogP contribution >= 0.6 is 15.9 Å². The van der Waals surface area contributed by atoms with Gasteiger partial charge in [-0.3, -0.25) is 9.59 Å². The molecule has 160 valence electrons. The van der Waals surface area contributed by atoms with Crippen molar-refractivity contribution in [1.82, 2.24) is 14.8 Å². The van der Waals surface area contributed by atoms with Crippen LogP contribution in [-0.2, 0) is 11.3 Å². The van der Waals surface area contributed by atoms with Gasteiger partial charge in [0.1, 0.15) is 0 Å². The maximum absolute atomic E-state index is 13.1. The number of nitrogens with one attached hydrogen (secondary N) is 1. The van der Waals surface area contributed by atoms with Crippen LogP contribution in [0.5, 0.6) is 0 Å². The topological polar surface area (TPSA) is 54.3 Å². The summed E-state index contributed by atoms with van der Waals surface area (Å²) < 4.78 is 3.07. The first-order valence-electron chi connectivity index (χ1n) is 10.2. The van der Waals surface area contributed by atoms with E-state index in [1.165, 1.54) is 0 Å². The zero-order chi connectivity index (χ0) is 22.2. The van der Waals surface area contributed by atoms with Gasteiger partial charge in [-0.15, -0.1) is 0 Å². The van der Waals surface area contributed by atoms with Gasteiger partial charge in [-0.05, 0) is 65.1 Å². The number of allylic oxidation sites excluding steroid dienone is 3. The third-order valence-corrected chi connectivity index (χ3v) is 6.32. The fraction of sp³-hybridized carbons (Fsp3) is 0.417. The number of rotatable bonds is 6. The van der Waals surface area contributed by atoms with E-state index in [1.54, 1.807) is 0 Å². The zero-order valence-corrected chi connectivity index (χ0v) is 20.2. The summed E-state index contributed by atoms with van der Waals surface area (Å²) in [5.74, 6) is -0.0746. The molecular formula is C24H30BrN3O2. The van der Waals surface area contributed by atoms with Crippen molar-refractivity contribution in [3.63, 3.8) is 0 Å². The van der Waals surface area contributed by atoms with E-state index >= 15 is 0 Å². The van der Waals surface area contributed by atoms with Crippen LogP contribution in [0, 0.1) is 6.92 Å². The number of fused-ring (bicyclic) bond motifs is 1. The van der Waals surface area contributed by atoms with E-state index < -0.39 is 0 Å². The molecule has 5 nitrogen and oxygen atoms in total. The lowest BCUT2D eigenvalue weighted by atomic mass is 9.92. The first-order valence-corrected chi connectivity index (χ1v) is 11.0. The number of carbonyl (C=O) groups is 2. The Balaban J connectivity index is 1.92. The Bertz CT molecular complexity index is 1080. The molecule has 0 spiro atoms. The molecule has 0 fully saturated rings. The molecule has 0 bridgehead atoms. The average molecular weight is 472 g/mol. The number of halogens is 1. The van der Waals surface area contributed by atoms with E-state index in [0.29, 0.717) is 23.6 Å². The van der Waals surface area contributed by atoms with Crippen molar-refractivity contribution in [3.05, 3.63) is 56.7 Å². The Kier molecular flexibility index (Phi) is 6.68. The number of likely N-dealkylation sites (N-methyl/N-ethyl adjacent to an activating group) is 1. The van der Waals surface area contributed by atoms with E-state index in [1.807, 2.05) is 32.9 Å². The van der Waals surface area contributed by atoms with Gasteiger partial charge in [0.2, 0.25) is 0 Å². The van der Waals surface area contributed by atoms with Crippen LogP contribution in [0.15, 0.2) is 45.6 Å². The number of nitrogens with zero attached hydrogens (tertiary/aromatic N) is 2. The molecule has 1 unspecified atom stereocenters. The second-order valence-electron chi connectivity index (χ2n) is 8.56. The van der Waals surface area contributed by atoms with Crippen LogP contribution in [0.1, 0.15) is 43.1 Å². The summed E-state index contributed by atoms with van der Waals surface area (Å²) >= 11 is 3.57. The van der Waals surface area contributed by atoms with Gasteiger partial charge in [0, 0.05) is 47.2 Å². The zero-order valence-electron chi connectivity index (χ0n) is 18.6. The molecule has 1 N–H and O–H groups in total. The van der Waals surface area contributed by atoms with Crippen LogP contribution in [0.4, 0.5) is 0 Å². The fourth-order valence-corrected chi connectivity index (χ4v) is 4.41. The van der Waals surface area contributed by atoms with Crippen LogP contribution in [0.3, 0.4) is 0 Å². The van der Waals surface area contributed by atoms with E-state index in [4.69, 9.17) is 0 Å². The first-order chi connectivity index (χ1) is 14.1. The molecule has 0 saturated carbocycles. The van der Waals surface area contributed by atoms with Crippen molar-refractivity contribution in [1.29, 1.82) is 0 Å². The molecule has 1 amide bonds. The minimum absolute atomic E-state index is 0.0900. The van der Waals surface area contributed by atoms with Crippen molar-refractivity contribution >= 4 is 38.5 Å². The molecule has 1 aliphatic rings. The van der Waals surface area contributed by atoms with Gasteiger partial charge in [-0.25, -0.2) is 0 Å². The van der Waals surface area contributed by atoms with Crippen molar-refractivity contribution in [2.45, 2.75) is 46.7 Å². The molecule has 3 rings (SSSR count). The summed E-state index contributed by atoms with van der Waals surface area (Å²) in [4.78, 5) is 27.7. The number of amides is 1. The lowest BCUT2D eigenvalue weighted by molar-refractivity contribution is -0.115. The van der Waals surface area contributed by atoms with Gasteiger partial charge in [0.05, 0.1) is 11.1 Å². The Morgan fingerprint density at radius 3 is 2.60 bits per heavy atom. The van der Waals surface area contributed by atoms with E-state index in [0.717, 1.165) is 38.6 Å². The smallest absolute Gasteiger partial charge is 0.252 e. The van der Waals surface area contributed by atoms with Gasteiger partial charge in [-0.1, -0.05) is 27.6 Å². The van der Waals surface area contributed by atoms with Crippen molar-refractivity contribution in [3.8, 4) is 0 Å². The summed E-state index contributed by atoms with van der Waals surface area (Å²) in [5, 5.41) is 3.93. The van der Waals surface area contributed by atoms with Crippen LogP contribution in [-0.4, -0.2) is 47.8 Å². The number of ketones is 1. The third kappa shape index (κ3) is 4.60. The molecular weight excluding hydrogens is 442 g/mol. The van der Waals surface area contributed by atoms with Gasteiger partial charge in [0.15, 0.2) is 5.78 Å². The number of aryl methyl sites for hydroxylation is 1.